The Morgan fingerprint density at radius 1 is 0.479 bits per heavy atom. The number of rotatable bonds is 8. The monoisotopic (exact) mass is 1100 g/mol. The summed E-state index contributed by atoms with van der Waals surface area (Å²) >= 11 is 0. The Morgan fingerprint density at radius 3 is 1.79 bits per heavy atom. The summed E-state index contributed by atoms with van der Waals surface area (Å²) in [6.07, 6.45) is 2.02. The first kappa shape index (κ1) is 44.1. The summed E-state index contributed by atoms with van der Waals surface area (Å²) in [5, 5.41) is 4.43. The van der Waals surface area contributed by atoms with Gasteiger partial charge in [0.25, 0.3) is 0 Å². The standard InChI is InChI=1S/C64H46N5O.Pt/c1-64(2,3)46-35-49(67-42-66(47-24-12-6-13-25-47)60-34-45(32-33-58(60)67)43-20-8-4-9-21-43)37-50(36-46)70-51-38-54(44-22-10-5-11-23-44)63-53-29-17-19-31-57(53)69(61(63)39-51)62-40-59-55(41-65-62)52-28-16-18-30-56(52)68(59)48-26-14-7-15-27-48;/h4-36,38,40-42H,1-3H3;/q-3;. The third-order valence-electron chi connectivity index (χ3n) is 13.6. The van der Waals surface area contributed by atoms with Gasteiger partial charge < -0.3 is 23.7 Å². The van der Waals surface area contributed by atoms with Gasteiger partial charge >= 0.3 is 0 Å². The molecule has 0 saturated heterocycles. The van der Waals surface area contributed by atoms with Gasteiger partial charge in [-0.25, -0.2) is 4.98 Å². The van der Waals surface area contributed by atoms with Crippen molar-refractivity contribution in [2.24, 2.45) is 0 Å². The van der Waals surface area contributed by atoms with Crippen LogP contribution in [0.25, 0.3) is 77.4 Å². The maximum atomic E-state index is 7.13. The number of para-hydroxylation sites is 4. The molecular weight excluding hydrogens is 1050 g/mol. The molecule has 1 aliphatic heterocycles. The fourth-order valence-electron chi connectivity index (χ4n) is 10.2. The molecule has 9 aromatic carbocycles. The molecule has 13 rings (SSSR count). The molecule has 0 spiro atoms. The summed E-state index contributed by atoms with van der Waals surface area (Å²) in [4.78, 5) is 9.75. The van der Waals surface area contributed by atoms with Crippen molar-refractivity contribution in [2.45, 2.75) is 26.2 Å². The van der Waals surface area contributed by atoms with E-state index in [0.717, 1.165) is 100 Å². The molecule has 0 radical (unpaired) electrons. The number of hydrogen-bond donors (Lipinski definition) is 0. The van der Waals surface area contributed by atoms with Crippen LogP contribution in [0.5, 0.6) is 11.5 Å². The van der Waals surface area contributed by atoms with Gasteiger partial charge in [-0.2, -0.15) is 0 Å². The molecule has 0 N–H and O–H groups in total. The number of benzene rings is 9. The van der Waals surface area contributed by atoms with Crippen LogP contribution in [0.15, 0.2) is 219 Å². The Kier molecular flexibility index (Phi) is 11.0. The third kappa shape index (κ3) is 7.67. The van der Waals surface area contributed by atoms with Gasteiger partial charge in [0.2, 0.25) is 0 Å². The molecule has 0 unspecified atom stereocenters. The van der Waals surface area contributed by atoms with Crippen LogP contribution in [0.1, 0.15) is 26.3 Å². The van der Waals surface area contributed by atoms with Gasteiger partial charge in [0.15, 0.2) is 0 Å². The molecule has 0 amide bonds. The molecule has 6 nitrogen and oxygen atoms in total. The van der Waals surface area contributed by atoms with Gasteiger partial charge in [-0.05, 0) is 76.0 Å². The van der Waals surface area contributed by atoms with Gasteiger partial charge in [-0.15, -0.1) is 53.8 Å². The number of anilines is 4. The Morgan fingerprint density at radius 2 is 1.08 bits per heavy atom. The summed E-state index contributed by atoms with van der Waals surface area (Å²) in [6.45, 7) is 8.89. The minimum atomic E-state index is -0.206. The Balaban J connectivity index is 0.00000517. The Hall–Kier alpha value is -8.18. The zero-order valence-electron chi connectivity index (χ0n) is 39.3. The number of pyridine rings is 1. The van der Waals surface area contributed by atoms with E-state index < -0.39 is 0 Å². The second-order valence-corrected chi connectivity index (χ2v) is 19.0. The summed E-state index contributed by atoms with van der Waals surface area (Å²) in [5.74, 6) is 1.96. The fourth-order valence-corrected chi connectivity index (χ4v) is 10.2. The largest absolute Gasteiger partial charge is 0.509 e. The summed E-state index contributed by atoms with van der Waals surface area (Å²) in [5.41, 5.74) is 14.6. The number of hydrogen-bond acceptors (Lipinski definition) is 4. The number of nitrogens with zero attached hydrogens (tertiary/aromatic N) is 5. The topological polar surface area (TPSA) is 38.5 Å². The van der Waals surface area contributed by atoms with Crippen molar-refractivity contribution in [3.8, 4) is 45.3 Å². The van der Waals surface area contributed by atoms with E-state index >= 15 is 0 Å². The first-order valence-corrected chi connectivity index (χ1v) is 23.8. The zero-order valence-corrected chi connectivity index (χ0v) is 41.6. The molecule has 12 aromatic rings. The predicted octanol–water partition coefficient (Wildman–Crippen LogP) is 16.7. The van der Waals surface area contributed by atoms with E-state index in [1.165, 1.54) is 5.56 Å². The minimum absolute atomic E-state index is 0. The first-order chi connectivity index (χ1) is 34.3. The second kappa shape index (κ2) is 17.7. The quantitative estimate of drug-likeness (QED) is 0.142. The van der Waals surface area contributed by atoms with Gasteiger partial charge in [0.05, 0.1) is 11.0 Å². The van der Waals surface area contributed by atoms with E-state index in [1.807, 2.05) is 6.20 Å². The van der Waals surface area contributed by atoms with Gasteiger partial charge in [-0.1, -0.05) is 171 Å². The van der Waals surface area contributed by atoms with E-state index in [4.69, 9.17) is 9.72 Å². The zero-order chi connectivity index (χ0) is 46.9. The summed E-state index contributed by atoms with van der Waals surface area (Å²) < 4.78 is 11.7. The van der Waals surface area contributed by atoms with Crippen LogP contribution in [-0.4, -0.2) is 14.1 Å². The second-order valence-electron chi connectivity index (χ2n) is 19.0. The van der Waals surface area contributed by atoms with E-state index in [2.05, 4.69) is 271 Å². The van der Waals surface area contributed by atoms with E-state index in [-0.39, 0.29) is 26.5 Å². The van der Waals surface area contributed by atoms with Crippen LogP contribution >= 0.6 is 0 Å². The minimum Gasteiger partial charge on any atom is -0.509 e. The molecule has 0 bridgehead atoms. The third-order valence-corrected chi connectivity index (χ3v) is 13.6. The van der Waals surface area contributed by atoms with Crippen molar-refractivity contribution in [3.63, 3.8) is 0 Å². The van der Waals surface area contributed by atoms with Crippen LogP contribution in [-0.2, 0) is 26.5 Å². The number of fused-ring (bicyclic) bond motifs is 7. The van der Waals surface area contributed by atoms with Crippen LogP contribution < -0.4 is 14.5 Å². The van der Waals surface area contributed by atoms with Gasteiger partial charge in [0.1, 0.15) is 5.82 Å². The van der Waals surface area contributed by atoms with Crippen LogP contribution in [0.2, 0.25) is 0 Å². The van der Waals surface area contributed by atoms with Gasteiger partial charge in [0, 0.05) is 83.9 Å². The fraction of sp³-hybridized carbons (Fsp3) is 0.0625. The molecule has 4 heterocycles. The van der Waals surface area contributed by atoms with Crippen LogP contribution in [0, 0.1) is 18.8 Å². The van der Waals surface area contributed by atoms with Crippen molar-refractivity contribution in [1.29, 1.82) is 0 Å². The summed E-state index contributed by atoms with van der Waals surface area (Å²) in [7, 11) is 0. The molecule has 7 heteroatoms. The summed E-state index contributed by atoms with van der Waals surface area (Å²) in [6, 6.07) is 82.3. The molecule has 3 aromatic heterocycles. The normalized spacial score (nSPS) is 12.5. The molecule has 1 aliphatic rings. The van der Waals surface area contributed by atoms with E-state index in [1.54, 1.807) is 0 Å². The van der Waals surface area contributed by atoms with Crippen LogP contribution in [0.3, 0.4) is 0 Å². The molecule has 346 valence electrons. The molecule has 0 aliphatic carbocycles. The number of aromatic nitrogens is 3. The van der Waals surface area contributed by atoms with Crippen molar-refractivity contribution in [2.75, 3.05) is 9.80 Å². The van der Waals surface area contributed by atoms with Crippen molar-refractivity contribution in [3.05, 3.63) is 243 Å². The molecule has 0 atom stereocenters. The smallest absolute Gasteiger partial charge is 0.137 e. The molecule has 0 fully saturated rings. The average molecular weight is 1100 g/mol. The first-order valence-electron chi connectivity index (χ1n) is 23.8. The molecule has 71 heavy (non-hydrogen) atoms. The van der Waals surface area contributed by atoms with E-state index in [0.29, 0.717) is 11.5 Å². The van der Waals surface area contributed by atoms with Crippen LogP contribution in [0.4, 0.5) is 22.7 Å². The molecule has 0 saturated carbocycles. The SMILES string of the molecule is CC(C)(C)c1cc(Oc2[c-]c3c(c(-c4ccccc4)c2)c2ccccc2n3-c2cc3c(cn2)c2ccccc2n3-c2ccccc2)[c-]c(N2[CH-]N(c3ccccc3)c3cc(-c4ccccc4)ccc32)c1.[Pt]. The Bertz CT molecular complexity index is 3940. The Labute approximate surface area is 427 Å². The van der Waals surface area contributed by atoms with Crippen molar-refractivity contribution < 1.29 is 25.8 Å². The van der Waals surface area contributed by atoms with Crippen molar-refractivity contribution >= 4 is 66.4 Å². The maximum Gasteiger partial charge on any atom is 0.137 e. The maximum absolute atomic E-state index is 7.13. The number of ether oxygens (including phenoxy) is 1. The van der Waals surface area contributed by atoms with Gasteiger partial charge in [-0.3, -0.25) is 0 Å². The molecular formula is C64H46N5OPt-3. The van der Waals surface area contributed by atoms with Crippen molar-refractivity contribution in [1.82, 2.24) is 14.1 Å². The average Bonchev–Trinajstić information content (AvgIpc) is 4.07. The predicted molar refractivity (Wildman–Crippen MR) is 288 cm³/mol. The van der Waals surface area contributed by atoms with E-state index in [9.17, 15) is 0 Å².